The van der Waals surface area contributed by atoms with Crippen molar-refractivity contribution in [3.05, 3.63) is 242 Å². The van der Waals surface area contributed by atoms with Gasteiger partial charge >= 0.3 is 0 Å². The molecule has 8 aromatic rings. The Morgan fingerprint density at radius 3 is 1.31 bits per heavy atom. The fourth-order valence-corrected chi connectivity index (χ4v) is 8.31. The normalized spacial score (nSPS) is 10.2. The number of halogens is 6. The minimum absolute atomic E-state index is 0.261. The fraction of sp³-hybridized carbons (Fsp3) is 0.238. The average molecular weight is 1130 g/mol. The van der Waals surface area contributed by atoms with Crippen LogP contribution in [0.1, 0.15) is 87.0 Å². The topological polar surface area (TPSA) is 121 Å². The smallest absolute Gasteiger partial charge is 0.119 e. The Labute approximate surface area is 474 Å². The molecule has 75 heavy (non-hydrogen) atoms. The number of aryl methyl sites for hydroxylation is 10. The lowest BCUT2D eigenvalue weighted by atomic mass is 9.99. The van der Waals surface area contributed by atoms with Crippen LogP contribution in [0.4, 0.5) is 0 Å². The summed E-state index contributed by atoms with van der Waals surface area (Å²) >= 11 is 35.2. The molecule has 398 valence electrons. The van der Waals surface area contributed by atoms with E-state index >= 15 is 0 Å². The van der Waals surface area contributed by atoms with Gasteiger partial charge in [-0.15, -0.1) is 0 Å². The van der Waals surface area contributed by atoms with Crippen molar-refractivity contribution in [2.75, 3.05) is 0 Å². The van der Waals surface area contributed by atoms with E-state index in [9.17, 15) is 20.4 Å². The van der Waals surface area contributed by atoms with Crippen LogP contribution in [0.15, 0.2) is 146 Å². The van der Waals surface area contributed by atoms with E-state index in [-0.39, 0.29) is 11.5 Å². The number of hydrogen-bond donors (Lipinski definition) is 6. The lowest BCUT2D eigenvalue weighted by Crippen LogP contribution is -1.95. The lowest BCUT2D eigenvalue weighted by molar-refractivity contribution is 0.466. The van der Waals surface area contributed by atoms with Gasteiger partial charge in [0.25, 0.3) is 0 Å². The second kappa shape index (κ2) is 32.7. The maximum atomic E-state index is 9.84. The van der Waals surface area contributed by atoms with Crippen LogP contribution in [-0.4, -0.2) is 30.6 Å². The summed E-state index contributed by atoms with van der Waals surface area (Å²) in [5.41, 5.74) is 11.8. The van der Waals surface area contributed by atoms with Crippen molar-refractivity contribution in [3.8, 4) is 34.5 Å². The van der Waals surface area contributed by atoms with Crippen LogP contribution >= 0.6 is 69.6 Å². The van der Waals surface area contributed by atoms with Gasteiger partial charge in [-0.3, -0.25) is 0 Å². The molecule has 8 aromatic carbocycles. The molecule has 12 heteroatoms. The van der Waals surface area contributed by atoms with E-state index in [1.54, 1.807) is 66.7 Å². The number of aromatic hydroxyl groups is 6. The van der Waals surface area contributed by atoms with Crippen molar-refractivity contribution in [2.45, 2.75) is 100 Å². The number of benzene rings is 8. The maximum Gasteiger partial charge on any atom is 0.119 e. The van der Waals surface area contributed by atoms with Crippen LogP contribution in [0.3, 0.4) is 0 Å². The predicted molar refractivity (Wildman–Crippen MR) is 318 cm³/mol. The van der Waals surface area contributed by atoms with Gasteiger partial charge in [0.2, 0.25) is 0 Å². The van der Waals surface area contributed by atoms with Crippen molar-refractivity contribution >= 4 is 69.6 Å². The van der Waals surface area contributed by atoms with E-state index in [1.165, 1.54) is 11.1 Å². The molecule has 0 heterocycles. The summed E-state index contributed by atoms with van der Waals surface area (Å²) in [5.74, 6) is 1.90. The Balaban J connectivity index is 0.000000241. The van der Waals surface area contributed by atoms with E-state index in [1.807, 2.05) is 103 Å². The van der Waals surface area contributed by atoms with Gasteiger partial charge in [0.1, 0.15) is 34.5 Å². The Kier molecular flexibility index (Phi) is 27.7. The molecule has 0 bridgehead atoms. The third-order valence-electron chi connectivity index (χ3n) is 11.8. The maximum absolute atomic E-state index is 9.84. The van der Waals surface area contributed by atoms with Gasteiger partial charge in [0, 0.05) is 30.1 Å². The predicted octanol–water partition coefficient (Wildman–Crippen LogP) is 19.2. The summed E-state index contributed by atoms with van der Waals surface area (Å²) in [6, 6.07) is 44.2. The van der Waals surface area contributed by atoms with E-state index in [2.05, 4.69) is 31.2 Å². The molecule has 8 rings (SSSR count). The Morgan fingerprint density at radius 2 is 0.800 bits per heavy atom. The van der Waals surface area contributed by atoms with E-state index in [0.29, 0.717) is 38.1 Å². The molecule has 0 saturated carbocycles. The standard InChI is InChI=1S/C15H15ClO.C14H13ClO.C10H13ClO.C9H11ClO.C8H9ClO.C7H7ClO/c1-11-13(15(17)10-9-14(11)16)8-7-12-5-3-2-4-6-12;15-13-8-9-14(16)12(10-13)7-6-11-4-2-1-3-5-11;1-3-4-8-6-9(11)7(2)5-10(8)12;1-3-7-5-8(10)6(2)4-9(7)11;1-5-3-7(10)4-6(2)8(5)9;1-5-4-6(9)2-3-7(5)8/h2-6,9-10,17H,7-8H2,1H3;1-5,8-10,16H,6-7H2;5-6,12H,3-4H2,1-2H3;4-5,11H,3H2,1-2H3;3-4,10H,1-2H3;2-4,9H,1H3. The molecule has 0 fully saturated rings. The number of hydrogen-bond acceptors (Lipinski definition) is 6. The lowest BCUT2D eigenvalue weighted by Gasteiger charge is -2.10. The second-order valence-electron chi connectivity index (χ2n) is 17.8. The largest absolute Gasteiger partial charge is 0.508 e. The summed E-state index contributed by atoms with van der Waals surface area (Å²) in [7, 11) is 0. The Morgan fingerprint density at radius 1 is 0.347 bits per heavy atom. The van der Waals surface area contributed by atoms with Gasteiger partial charge in [0.15, 0.2) is 0 Å². The average Bonchev–Trinajstić information content (AvgIpc) is 3.38. The molecule has 0 radical (unpaired) electrons. The van der Waals surface area contributed by atoms with Gasteiger partial charge in [-0.05, 0) is 232 Å². The highest BCUT2D eigenvalue weighted by Crippen LogP contribution is 2.30. The van der Waals surface area contributed by atoms with Crippen molar-refractivity contribution < 1.29 is 30.6 Å². The zero-order valence-electron chi connectivity index (χ0n) is 43.8. The molecule has 0 saturated heterocycles. The summed E-state index contributed by atoms with van der Waals surface area (Å²) in [6.45, 7) is 15.4. The van der Waals surface area contributed by atoms with E-state index in [4.69, 9.17) is 79.8 Å². The van der Waals surface area contributed by atoms with Crippen LogP contribution in [0, 0.1) is 41.5 Å². The third kappa shape index (κ3) is 22.2. The molecule has 0 spiro atoms. The van der Waals surface area contributed by atoms with Gasteiger partial charge < -0.3 is 30.6 Å². The molecular formula is C63H68Cl6O6. The molecular weight excluding hydrogens is 1070 g/mol. The highest BCUT2D eigenvalue weighted by Gasteiger charge is 2.09. The number of rotatable bonds is 9. The summed E-state index contributed by atoms with van der Waals surface area (Å²) in [4.78, 5) is 0. The monoisotopic (exact) mass is 1130 g/mol. The van der Waals surface area contributed by atoms with Gasteiger partial charge in [-0.1, -0.05) is 151 Å². The Bertz CT molecular complexity index is 3010. The second-order valence-corrected chi connectivity index (χ2v) is 20.2. The molecule has 0 aliphatic carbocycles. The van der Waals surface area contributed by atoms with Crippen LogP contribution in [-0.2, 0) is 38.5 Å². The van der Waals surface area contributed by atoms with Gasteiger partial charge in [-0.25, -0.2) is 0 Å². The van der Waals surface area contributed by atoms with Crippen molar-refractivity contribution in [3.63, 3.8) is 0 Å². The first-order valence-corrected chi connectivity index (χ1v) is 26.7. The Hall–Kier alpha value is -5.70. The quantitative estimate of drug-likeness (QED) is 0.0856. The molecule has 0 amide bonds. The van der Waals surface area contributed by atoms with Crippen LogP contribution in [0.25, 0.3) is 0 Å². The van der Waals surface area contributed by atoms with Crippen LogP contribution < -0.4 is 0 Å². The molecule has 0 atom stereocenters. The van der Waals surface area contributed by atoms with Crippen LogP contribution in [0.5, 0.6) is 34.5 Å². The SMILES string of the molecule is CCCc1cc(Cl)c(C)cc1O.CCc1cc(Cl)c(C)cc1O.Cc1c(Cl)ccc(O)c1CCc1ccccc1.Cc1cc(O)cc(C)c1Cl.Cc1cc(O)ccc1Cl.Oc1ccc(Cl)cc1CCc1ccccc1. The molecule has 0 unspecified atom stereocenters. The van der Waals surface area contributed by atoms with Crippen molar-refractivity contribution in [2.24, 2.45) is 0 Å². The van der Waals surface area contributed by atoms with E-state index < -0.39 is 0 Å². The first-order chi connectivity index (χ1) is 35.5. The van der Waals surface area contributed by atoms with Crippen LogP contribution in [0.2, 0.25) is 30.1 Å². The van der Waals surface area contributed by atoms with Gasteiger partial charge in [-0.2, -0.15) is 0 Å². The first-order valence-electron chi connectivity index (χ1n) is 24.4. The molecule has 6 nitrogen and oxygen atoms in total. The number of phenolic OH excluding ortho intramolecular Hbond substituents is 6. The molecule has 0 aliphatic rings. The van der Waals surface area contributed by atoms with Crippen molar-refractivity contribution in [1.29, 1.82) is 0 Å². The first kappa shape index (κ1) is 63.6. The third-order valence-corrected chi connectivity index (χ3v) is 14.2. The zero-order chi connectivity index (χ0) is 55.8. The summed E-state index contributed by atoms with van der Waals surface area (Å²) in [6.07, 6.45) is 6.15. The highest BCUT2D eigenvalue weighted by molar-refractivity contribution is 6.33. The summed E-state index contributed by atoms with van der Waals surface area (Å²) < 4.78 is 0. The van der Waals surface area contributed by atoms with Crippen molar-refractivity contribution in [1.82, 2.24) is 0 Å². The van der Waals surface area contributed by atoms with E-state index in [0.717, 1.165) is 116 Å². The fourth-order valence-electron chi connectivity index (χ4n) is 7.34. The summed E-state index contributed by atoms with van der Waals surface area (Å²) in [5, 5.41) is 60.5. The minimum atomic E-state index is 0.261. The number of phenols is 6. The molecule has 0 aliphatic heterocycles. The minimum Gasteiger partial charge on any atom is -0.508 e. The van der Waals surface area contributed by atoms with Gasteiger partial charge in [0.05, 0.1) is 0 Å². The molecule has 6 N–H and O–H groups in total. The highest BCUT2D eigenvalue weighted by atomic mass is 35.5. The molecule has 0 aromatic heterocycles. The zero-order valence-corrected chi connectivity index (χ0v) is 48.3.